The fraction of sp³-hybridized carbons (Fsp3) is 1.00. The van der Waals surface area contributed by atoms with Crippen molar-refractivity contribution in [2.75, 3.05) is 0 Å². The molecule has 0 amide bonds. The first-order valence-electron chi connectivity index (χ1n) is 0.928. The molecule has 0 heterocycles. The maximum Gasteiger partial charge on any atom is 0 e. The van der Waals surface area contributed by atoms with Gasteiger partial charge in [-0.05, 0) is 0 Å². The van der Waals surface area contributed by atoms with Gasteiger partial charge in [0.1, 0.15) is 0 Å². The van der Waals surface area contributed by atoms with Crippen LogP contribution in [0.2, 0.25) is 5.71 Å². The molecule has 0 spiro atoms. The molecular formula is CH8AsFeNO2. The summed E-state index contributed by atoms with van der Waals surface area (Å²) in [5.41, 5.74) is 1.33. The maximum absolute atomic E-state index is 9.25. The van der Waals surface area contributed by atoms with Gasteiger partial charge in [-0.15, -0.1) is 0 Å². The molecule has 0 aromatic rings. The molecule has 0 saturated carbocycles. The fourth-order valence-corrected chi connectivity index (χ4v) is 0. The Balaban J connectivity index is -0.0000000450. The normalized spacial score (nSPS) is 10.3. The smallest absolute Gasteiger partial charge is 0 e. The summed E-state index contributed by atoms with van der Waals surface area (Å²) in [7, 11) is 0. The summed E-state index contributed by atoms with van der Waals surface area (Å²) < 4.78 is 16.9. The minimum atomic E-state index is -2.58. The molecule has 4 N–H and O–H groups in total. The minimum Gasteiger partial charge on any atom is -0.344 e. The van der Waals surface area contributed by atoms with Crippen molar-refractivity contribution in [1.82, 2.24) is 6.15 Å². The number of hydrogen-bond acceptors (Lipinski definition) is 2. The molecule has 0 aliphatic heterocycles. The van der Waals surface area contributed by atoms with Crippen LogP contribution in [0.25, 0.3) is 0 Å². The first-order valence-corrected chi connectivity index (χ1v) is 4.82. The predicted molar refractivity (Wildman–Crippen MR) is 20.9 cm³/mol. The largest absolute Gasteiger partial charge is 0.344 e. The van der Waals surface area contributed by atoms with Crippen LogP contribution in [0.15, 0.2) is 0 Å². The van der Waals surface area contributed by atoms with Crippen molar-refractivity contribution in [3.8, 4) is 0 Å². The maximum atomic E-state index is 9.25. The summed E-state index contributed by atoms with van der Waals surface area (Å²) in [5.74, 6) is 0. The Hall–Kier alpha value is 0.798. The van der Waals surface area contributed by atoms with E-state index in [-0.39, 0.29) is 23.2 Å². The van der Waals surface area contributed by atoms with Crippen LogP contribution in [0.1, 0.15) is 0 Å². The van der Waals surface area contributed by atoms with Gasteiger partial charge in [0.15, 0.2) is 0 Å². The predicted octanol–water partition coefficient (Wildman–Crippen LogP) is -0.581. The van der Waals surface area contributed by atoms with Gasteiger partial charge in [0.05, 0.1) is 0 Å². The molecule has 0 fully saturated rings. The van der Waals surface area contributed by atoms with Crippen LogP contribution < -0.4 is 6.15 Å². The third kappa shape index (κ3) is 109. The monoisotopic (exact) mass is 197 g/mol. The van der Waals surface area contributed by atoms with E-state index in [0.717, 1.165) is 0 Å². The molecule has 0 saturated heterocycles. The Bertz CT molecular complexity index is 36.5. The van der Waals surface area contributed by atoms with Crippen LogP contribution in [0.5, 0.6) is 0 Å². The van der Waals surface area contributed by atoms with Gasteiger partial charge in [0.2, 0.25) is 0 Å². The first-order chi connectivity index (χ1) is 1.73. The van der Waals surface area contributed by atoms with Crippen molar-refractivity contribution in [1.29, 1.82) is 0 Å². The van der Waals surface area contributed by atoms with Gasteiger partial charge in [-0.25, -0.2) is 0 Å². The van der Waals surface area contributed by atoms with Gasteiger partial charge in [-0.2, -0.15) is 0 Å². The Morgan fingerprint density at radius 3 is 1.67 bits per heavy atom. The van der Waals surface area contributed by atoms with E-state index in [1.165, 1.54) is 5.71 Å². The van der Waals surface area contributed by atoms with Crippen molar-refractivity contribution >= 4 is 14.9 Å². The summed E-state index contributed by atoms with van der Waals surface area (Å²) in [5, 5.41) is 0. The standard InChI is InChI=1S/CH5AsO2.Fe.H3N/c1-2(3)4;;/h2H,1H3,(H,3,4);;1H3. The number of hydrogen-bond donors (Lipinski definition) is 2. The van der Waals surface area contributed by atoms with Crippen LogP contribution in [0, 0.1) is 0 Å². The minimum absolute atomic E-state index is 0. The summed E-state index contributed by atoms with van der Waals surface area (Å²) in [6.07, 6.45) is 0. The van der Waals surface area contributed by atoms with Crippen molar-refractivity contribution < 1.29 is 24.9 Å². The van der Waals surface area contributed by atoms with Crippen LogP contribution in [0.4, 0.5) is 0 Å². The molecule has 0 aliphatic rings. The second-order valence-electron chi connectivity index (χ2n) is 0.519. The summed E-state index contributed by atoms with van der Waals surface area (Å²) >= 11 is -2.58. The summed E-state index contributed by atoms with van der Waals surface area (Å²) in [6.45, 7) is 0. The van der Waals surface area contributed by atoms with E-state index in [1.54, 1.807) is 0 Å². The molecule has 0 aromatic carbocycles. The third-order valence-electron chi connectivity index (χ3n) is 0. The molecule has 42 valence electrons. The summed E-state index contributed by atoms with van der Waals surface area (Å²) in [4.78, 5) is 0. The Labute approximate surface area is 52.0 Å². The van der Waals surface area contributed by atoms with E-state index in [0.29, 0.717) is 0 Å². The van der Waals surface area contributed by atoms with E-state index >= 15 is 0 Å². The van der Waals surface area contributed by atoms with E-state index in [2.05, 4.69) is 0 Å². The molecule has 0 radical (unpaired) electrons. The molecule has 1 atom stereocenters. The Morgan fingerprint density at radius 1 is 1.67 bits per heavy atom. The van der Waals surface area contributed by atoms with Crippen molar-refractivity contribution in [3.05, 3.63) is 0 Å². The van der Waals surface area contributed by atoms with Gasteiger partial charge in [0, 0.05) is 17.1 Å². The van der Waals surface area contributed by atoms with Gasteiger partial charge in [-0.3, -0.25) is 0 Å². The molecule has 0 rings (SSSR count). The zero-order valence-corrected chi connectivity index (χ0v) is 6.62. The Morgan fingerprint density at radius 2 is 1.67 bits per heavy atom. The molecule has 6 heavy (non-hydrogen) atoms. The van der Waals surface area contributed by atoms with Gasteiger partial charge >= 0.3 is 28.5 Å². The second-order valence-corrected chi connectivity index (χ2v) is 2.70. The van der Waals surface area contributed by atoms with Crippen LogP contribution in [0.3, 0.4) is 0 Å². The SMILES string of the molecule is C[AsH](=O)O.N.[Fe]. The number of rotatable bonds is 0. The van der Waals surface area contributed by atoms with E-state index in [9.17, 15) is 3.74 Å². The van der Waals surface area contributed by atoms with Crippen LogP contribution in [-0.4, -0.2) is 19.0 Å². The Kier molecular flexibility index (Phi) is 24.4. The second kappa shape index (κ2) is 9.25. The third-order valence-corrected chi connectivity index (χ3v) is 0. The first kappa shape index (κ1) is 15.8. The van der Waals surface area contributed by atoms with Gasteiger partial charge < -0.3 is 6.15 Å². The topological polar surface area (TPSA) is 72.3 Å². The van der Waals surface area contributed by atoms with E-state index in [1.807, 2.05) is 0 Å². The average molecular weight is 197 g/mol. The molecule has 5 heteroatoms. The van der Waals surface area contributed by atoms with Crippen molar-refractivity contribution in [2.45, 2.75) is 5.71 Å². The van der Waals surface area contributed by atoms with E-state index < -0.39 is 14.9 Å². The molecule has 3 nitrogen and oxygen atoms in total. The molecule has 0 aliphatic carbocycles. The van der Waals surface area contributed by atoms with Gasteiger partial charge in [0.25, 0.3) is 0 Å². The molecule has 0 bridgehead atoms. The van der Waals surface area contributed by atoms with Crippen molar-refractivity contribution in [3.63, 3.8) is 0 Å². The molecule has 0 aromatic heterocycles. The van der Waals surface area contributed by atoms with Gasteiger partial charge in [-0.1, -0.05) is 0 Å². The molecule has 1 unspecified atom stereocenters. The van der Waals surface area contributed by atoms with Crippen LogP contribution >= 0.6 is 0 Å². The van der Waals surface area contributed by atoms with E-state index in [4.69, 9.17) is 4.10 Å². The average Bonchev–Trinajstić information content (AvgIpc) is 0.811. The quantitative estimate of drug-likeness (QED) is 0.510. The zero-order valence-electron chi connectivity index (χ0n) is 3.42. The zero-order chi connectivity index (χ0) is 3.58. The van der Waals surface area contributed by atoms with Crippen molar-refractivity contribution in [2.24, 2.45) is 0 Å². The molecular weight excluding hydrogens is 189 g/mol. The fourth-order valence-electron chi connectivity index (χ4n) is 0. The van der Waals surface area contributed by atoms with Crippen LogP contribution in [-0.2, 0) is 20.8 Å². The summed E-state index contributed by atoms with van der Waals surface area (Å²) in [6, 6.07) is 0.